The van der Waals surface area contributed by atoms with Crippen LogP contribution in [0.15, 0.2) is 24.3 Å². The van der Waals surface area contributed by atoms with Gasteiger partial charge in [0.05, 0.1) is 6.42 Å². The van der Waals surface area contributed by atoms with Crippen LogP contribution >= 0.6 is 12.4 Å². The number of nitrogens with two attached hydrogens (primary N) is 1. The molecule has 1 unspecified atom stereocenters. The van der Waals surface area contributed by atoms with Crippen LogP contribution in [0, 0.1) is 5.92 Å². The fourth-order valence-corrected chi connectivity index (χ4v) is 1.94. The highest BCUT2D eigenvalue weighted by molar-refractivity contribution is 5.92. The topological polar surface area (TPSA) is 75.4 Å². The second-order valence-electron chi connectivity index (χ2n) is 5.07. The smallest absolute Gasteiger partial charge is 0.228 e. The van der Waals surface area contributed by atoms with Gasteiger partial charge in [0.2, 0.25) is 11.8 Å². The second kappa shape index (κ2) is 10.2. The predicted octanol–water partition coefficient (Wildman–Crippen LogP) is 2.05. The molecule has 0 aliphatic carbocycles. The van der Waals surface area contributed by atoms with E-state index < -0.39 is 0 Å². The Balaban J connectivity index is 0.00000441. The number of anilines is 1. The summed E-state index contributed by atoms with van der Waals surface area (Å²) in [5.41, 5.74) is 7.12. The summed E-state index contributed by atoms with van der Waals surface area (Å²) in [5.74, 6) is -0.188. The van der Waals surface area contributed by atoms with E-state index in [-0.39, 0.29) is 30.1 Å². The molecule has 0 heterocycles. The van der Waals surface area contributed by atoms with Crippen molar-refractivity contribution in [3.63, 3.8) is 0 Å². The number of hydrogen-bond acceptors (Lipinski definition) is 3. The summed E-state index contributed by atoms with van der Waals surface area (Å²) >= 11 is 0. The third kappa shape index (κ3) is 6.03. The fourth-order valence-electron chi connectivity index (χ4n) is 1.94. The Labute approximate surface area is 138 Å². The molecule has 1 aromatic rings. The van der Waals surface area contributed by atoms with E-state index in [2.05, 4.69) is 5.32 Å². The van der Waals surface area contributed by atoms with Crippen molar-refractivity contribution >= 4 is 29.9 Å². The normalized spacial score (nSPS) is 11.3. The molecule has 0 fully saturated rings. The third-order valence-electron chi connectivity index (χ3n) is 3.49. The molecule has 3 N–H and O–H groups in total. The molecule has 0 aliphatic heterocycles. The number of carbonyl (C=O) groups excluding carboxylic acids is 2. The quantitative estimate of drug-likeness (QED) is 0.804. The first-order valence-electron chi connectivity index (χ1n) is 7.39. The second-order valence-corrected chi connectivity index (χ2v) is 5.07. The average molecular weight is 328 g/mol. The van der Waals surface area contributed by atoms with Crippen LogP contribution in [0.2, 0.25) is 0 Å². The van der Waals surface area contributed by atoms with Gasteiger partial charge in [-0.1, -0.05) is 19.1 Å². The average Bonchev–Trinajstić information content (AvgIpc) is 2.49. The number of halogens is 1. The van der Waals surface area contributed by atoms with Gasteiger partial charge < -0.3 is 16.0 Å². The number of likely N-dealkylation sites (N-methyl/N-ethyl adjacent to an activating group) is 1. The van der Waals surface area contributed by atoms with Crippen molar-refractivity contribution in [1.82, 2.24) is 4.90 Å². The number of carbonyl (C=O) groups is 2. The molecule has 0 bridgehead atoms. The van der Waals surface area contributed by atoms with E-state index in [1.807, 2.05) is 38.1 Å². The van der Waals surface area contributed by atoms with E-state index >= 15 is 0 Å². The first-order valence-corrected chi connectivity index (χ1v) is 7.39. The lowest BCUT2D eigenvalue weighted by molar-refractivity contribution is -0.130. The van der Waals surface area contributed by atoms with Crippen LogP contribution in [0.25, 0.3) is 0 Å². The van der Waals surface area contributed by atoms with E-state index in [4.69, 9.17) is 5.73 Å². The number of benzene rings is 1. The standard InChI is InChI=1S/C16H25N3O2.ClH/c1-4-19(5-2)15(20)10-13-6-8-14(9-7-13)18-16(21)12(3)11-17;/h6-9,12H,4-5,10-11,17H2,1-3H3,(H,18,21);1H. The molecule has 0 aliphatic rings. The lowest BCUT2D eigenvalue weighted by Gasteiger charge is -2.18. The molecular weight excluding hydrogens is 302 g/mol. The number of nitrogens with one attached hydrogen (secondary N) is 1. The molecule has 0 saturated carbocycles. The Bertz CT molecular complexity index is 473. The van der Waals surface area contributed by atoms with Gasteiger partial charge >= 0.3 is 0 Å². The Morgan fingerprint density at radius 2 is 1.73 bits per heavy atom. The largest absolute Gasteiger partial charge is 0.343 e. The molecule has 2 amide bonds. The van der Waals surface area contributed by atoms with Gasteiger partial charge in [-0.05, 0) is 31.5 Å². The highest BCUT2D eigenvalue weighted by Crippen LogP contribution is 2.12. The molecule has 0 aromatic heterocycles. The van der Waals surface area contributed by atoms with Gasteiger partial charge in [0.25, 0.3) is 0 Å². The van der Waals surface area contributed by atoms with Crippen molar-refractivity contribution in [3.8, 4) is 0 Å². The molecule has 5 nitrogen and oxygen atoms in total. The maximum Gasteiger partial charge on any atom is 0.228 e. The predicted molar refractivity (Wildman–Crippen MR) is 92.2 cm³/mol. The Morgan fingerprint density at radius 3 is 2.18 bits per heavy atom. The van der Waals surface area contributed by atoms with Gasteiger partial charge in [-0.3, -0.25) is 9.59 Å². The zero-order valence-electron chi connectivity index (χ0n) is 13.5. The van der Waals surface area contributed by atoms with Crippen LogP contribution in [0.3, 0.4) is 0 Å². The first-order chi connectivity index (χ1) is 10.0. The van der Waals surface area contributed by atoms with Crippen LogP contribution in [0.4, 0.5) is 5.69 Å². The number of hydrogen-bond donors (Lipinski definition) is 2. The lowest BCUT2D eigenvalue weighted by atomic mass is 10.1. The van der Waals surface area contributed by atoms with E-state index in [1.165, 1.54) is 0 Å². The fraction of sp³-hybridized carbons (Fsp3) is 0.500. The monoisotopic (exact) mass is 327 g/mol. The molecule has 6 heteroatoms. The minimum atomic E-state index is -0.214. The maximum absolute atomic E-state index is 12.0. The molecule has 1 atom stereocenters. The maximum atomic E-state index is 12.0. The molecule has 0 spiro atoms. The first kappa shape index (κ1) is 20.4. The van der Waals surface area contributed by atoms with E-state index in [0.29, 0.717) is 13.0 Å². The SMILES string of the molecule is CCN(CC)C(=O)Cc1ccc(NC(=O)C(C)CN)cc1.Cl. The van der Waals surface area contributed by atoms with Crippen molar-refractivity contribution in [2.45, 2.75) is 27.2 Å². The van der Waals surface area contributed by atoms with Crippen LogP contribution in [-0.4, -0.2) is 36.3 Å². The molecule has 1 aromatic carbocycles. The van der Waals surface area contributed by atoms with Crippen LogP contribution in [0.5, 0.6) is 0 Å². The zero-order chi connectivity index (χ0) is 15.8. The van der Waals surface area contributed by atoms with Gasteiger partial charge in [0.1, 0.15) is 0 Å². The van der Waals surface area contributed by atoms with Crippen molar-refractivity contribution in [1.29, 1.82) is 0 Å². The zero-order valence-corrected chi connectivity index (χ0v) is 14.3. The number of nitrogens with zero attached hydrogens (tertiary/aromatic N) is 1. The third-order valence-corrected chi connectivity index (χ3v) is 3.49. The van der Waals surface area contributed by atoms with Crippen molar-refractivity contribution < 1.29 is 9.59 Å². The molecular formula is C16H26ClN3O2. The van der Waals surface area contributed by atoms with E-state index in [9.17, 15) is 9.59 Å². The Morgan fingerprint density at radius 1 is 1.18 bits per heavy atom. The Kier molecular flexibility index (Phi) is 9.45. The van der Waals surface area contributed by atoms with Crippen molar-refractivity contribution in [3.05, 3.63) is 29.8 Å². The van der Waals surface area contributed by atoms with Crippen molar-refractivity contribution in [2.24, 2.45) is 11.7 Å². The molecule has 22 heavy (non-hydrogen) atoms. The summed E-state index contributed by atoms with van der Waals surface area (Å²) in [4.78, 5) is 25.5. The summed E-state index contributed by atoms with van der Waals surface area (Å²) in [6, 6.07) is 7.35. The molecule has 0 saturated heterocycles. The summed E-state index contributed by atoms with van der Waals surface area (Å²) in [6.45, 7) is 7.49. The molecule has 1 rings (SSSR count). The summed E-state index contributed by atoms with van der Waals surface area (Å²) in [7, 11) is 0. The van der Waals surface area contributed by atoms with Crippen molar-refractivity contribution in [2.75, 3.05) is 25.0 Å². The minimum Gasteiger partial charge on any atom is -0.343 e. The van der Waals surface area contributed by atoms with Gasteiger partial charge in [-0.2, -0.15) is 0 Å². The summed E-state index contributed by atoms with van der Waals surface area (Å²) in [5, 5.41) is 2.80. The van der Waals surface area contributed by atoms with Gasteiger partial charge in [0, 0.05) is 31.2 Å². The van der Waals surface area contributed by atoms with Crippen LogP contribution < -0.4 is 11.1 Å². The minimum absolute atomic E-state index is 0. The highest BCUT2D eigenvalue weighted by Gasteiger charge is 2.12. The molecule has 124 valence electrons. The van der Waals surface area contributed by atoms with Gasteiger partial charge in [-0.15, -0.1) is 12.4 Å². The van der Waals surface area contributed by atoms with Gasteiger partial charge in [0.15, 0.2) is 0 Å². The van der Waals surface area contributed by atoms with Crippen LogP contribution in [-0.2, 0) is 16.0 Å². The van der Waals surface area contributed by atoms with Gasteiger partial charge in [-0.25, -0.2) is 0 Å². The lowest BCUT2D eigenvalue weighted by Crippen LogP contribution is -2.31. The number of rotatable bonds is 7. The summed E-state index contributed by atoms with van der Waals surface area (Å²) < 4.78 is 0. The van der Waals surface area contributed by atoms with E-state index in [0.717, 1.165) is 24.3 Å². The summed E-state index contributed by atoms with van der Waals surface area (Å²) in [6.07, 6.45) is 0.384. The highest BCUT2D eigenvalue weighted by atomic mass is 35.5. The van der Waals surface area contributed by atoms with Crippen LogP contribution in [0.1, 0.15) is 26.3 Å². The van der Waals surface area contributed by atoms with E-state index in [1.54, 1.807) is 11.8 Å². The number of amides is 2. The molecule has 0 radical (unpaired) electrons. The Hall–Kier alpha value is -1.59.